The van der Waals surface area contributed by atoms with Gasteiger partial charge in [0.25, 0.3) is 0 Å². The van der Waals surface area contributed by atoms with Gasteiger partial charge >= 0.3 is 0 Å². The van der Waals surface area contributed by atoms with Gasteiger partial charge in [-0.3, -0.25) is 4.99 Å². The Morgan fingerprint density at radius 2 is 2.05 bits per heavy atom. The molecule has 0 bridgehead atoms. The monoisotopic (exact) mass is 297 g/mol. The molecule has 3 rings (SSSR count). The number of furan rings is 1. The summed E-state index contributed by atoms with van der Waals surface area (Å²) in [6.45, 7) is 6.01. The van der Waals surface area contributed by atoms with E-state index in [4.69, 9.17) is 9.41 Å². The Balaban J connectivity index is 1.79. The number of anilines is 2. The smallest absolute Gasteiger partial charge is 0.200 e. The highest BCUT2D eigenvalue weighted by Crippen LogP contribution is 2.26. The van der Waals surface area contributed by atoms with Crippen LogP contribution >= 0.6 is 0 Å². The van der Waals surface area contributed by atoms with Crippen molar-refractivity contribution in [3.8, 4) is 0 Å². The van der Waals surface area contributed by atoms with Crippen molar-refractivity contribution in [2.45, 2.75) is 19.8 Å². The number of nitrogens with zero attached hydrogens (tertiary/aromatic N) is 3. The number of benzene rings is 1. The fourth-order valence-corrected chi connectivity index (χ4v) is 2.74. The molecule has 4 heteroatoms. The molecule has 0 unspecified atom stereocenters. The zero-order chi connectivity index (χ0) is 15.2. The molecular formula is C18H23N3O. The van der Waals surface area contributed by atoms with Crippen molar-refractivity contribution in [2.24, 2.45) is 4.99 Å². The maximum absolute atomic E-state index is 5.63. The van der Waals surface area contributed by atoms with E-state index in [2.05, 4.69) is 41.0 Å². The molecule has 1 aliphatic rings. The third-order valence-corrected chi connectivity index (χ3v) is 3.95. The summed E-state index contributed by atoms with van der Waals surface area (Å²) in [5, 5.41) is 0. The molecule has 0 saturated heterocycles. The molecule has 0 atom stereocenters. The Hall–Kier alpha value is -2.23. The Bertz CT molecular complexity index is 592. The van der Waals surface area contributed by atoms with Crippen molar-refractivity contribution in [1.82, 2.24) is 4.90 Å². The van der Waals surface area contributed by atoms with Gasteiger partial charge in [-0.1, -0.05) is 31.5 Å². The van der Waals surface area contributed by atoms with E-state index in [9.17, 15) is 0 Å². The minimum absolute atomic E-state index is 0.751. The molecule has 0 amide bonds. The Morgan fingerprint density at radius 1 is 1.18 bits per heavy atom. The normalized spacial score (nSPS) is 14.2. The van der Waals surface area contributed by atoms with Gasteiger partial charge in [0.05, 0.1) is 19.4 Å². The molecule has 0 radical (unpaired) electrons. The van der Waals surface area contributed by atoms with E-state index in [1.807, 2.05) is 18.2 Å². The molecule has 0 spiro atoms. The average molecular weight is 297 g/mol. The molecule has 1 aliphatic heterocycles. The lowest BCUT2D eigenvalue weighted by Crippen LogP contribution is -2.36. The van der Waals surface area contributed by atoms with E-state index in [0.29, 0.717) is 0 Å². The van der Waals surface area contributed by atoms with Gasteiger partial charge < -0.3 is 14.2 Å². The average Bonchev–Trinajstić information content (AvgIpc) is 3.23. The summed E-state index contributed by atoms with van der Waals surface area (Å²) in [4.78, 5) is 9.29. The number of unbranched alkanes of at least 4 members (excludes halogenated alkanes) is 1. The van der Waals surface area contributed by atoms with Crippen LogP contribution in [-0.2, 0) is 0 Å². The number of hydrogen-bond acceptors (Lipinski definition) is 4. The van der Waals surface area contributed by atoms with Gasteiger partial charge in [0.1, 0.15) is 5.84 Å². The highest BCUT2D eigenvalue weighted by atomic mass is 16.3. The van der Waals surface area contributed by atoms with Gasteiger partial charge in [0.2, 0.25) is 0 Å². The molecular weight excluding hydrogens is 274 g/mol. The zero-order valence-corrected chi connectivity index (χ0v) is 13.1. The van der Waals surface area contributed by atoms with Gasteiger partial charge in [-0.2, -0.15) is 0 Å². The first kappa shape index (κ1) is 14.7. The summed E-state index contributed by atoms with van der Waals surface area (Å²) < 4.78 is 5.63. The second-order valence-electron chi connectivity index (χ2n) is 5.51. The molecule has 4 nitrogen and oxygen atoms in total. The molecule has 2 heterocycles. The zero-order valence-electron chi connectivity index (χ0n) is 13.1. The number of amidine groups is 1. The summed E-state index contributed by atoms with van der Waals surface area (Å²) >= 11 is 0. The first-order valence-corrected chi connectivity index (χ1v) is 8.03. The van der Waals surface area contributed by atoms with E-state index in [1.54, 1.807) is 6.26 Å². The fraction of sp³-hybridized carbons (Fsp3) is 0.389. The van der Waals surface area contributed by atoms with E-state index in [0.717, 1.165) is 43.6 Å². The summed E-state index contributed by atoms with van der Waals surface area (Å²) in [5.41, 5.74) is 1.13. The van der Waals surface area contributed by atoms with Gasteiger partial charge in [0, 0.05) is 24.8 Å². The summed E-state index contributed by atoms with van der Waals surface area (Å²) in [7, 11) is 0. The standard InChI is InChI=1S/C18H23N3O/c1-2-3-12-20-13-11-19-17(20)15-21(18-10-7-14-22-18)16-8-5-4-6-9-16/h4-10,14H,2-3,11-13,15H2,1H3. The number of para-hydroxylation sites is 1. The molecule has 0 fully saturated rings. The summed E-state index contributed by atoms with van der Waals surface area (Å²) in [6.07, 6.45) is 4.14. The van der Waals surface area contributed by atoms with Crippen LogP contribution in [0, 0.1) is 0 Å². The third-order valence-electron chi connectivity index (χ3n) is 3.95. The second kappa shape index (κ2) is 7.16. The van der Waals surface area contributed by atoms with Gasteiger partial charge in [-0.15, -0.1) is 0 Å². The Morgan fingerprint density at radius 3 is 2.77 bits per heavy atom. The van der Waals surface area contributed by atoms with Crippen LogP contribution in [0.2, 0.25) is 0 Å². The van der Waals surface area contributed by atoms with E-state index in [1.165, 1.54) is 12.8 Å². The van der Waals surface area contributed by atoms with Crippen molar-refractivity contribution in [3.63, 3.8) is 0 Å². The summed E-state index contributed by atoms with van der Waals surface area (Å²) in [5.74, 6) is 2.02. The lowest BCUT2D eigenvalue weighted by molar-refractivity contribution is 0.438. The predicted molar refractivity (Wildman–Crippen MR) is 90.9 cm³/mol. The van der Waals surface area contributed by atoms with E-state index in [-0.39, 0.29) is 0 Å². The van der Waals surface area contributed by atoms with Gasteiger partial charge in [-0.25, -0.2) is 0 Å². The van der Waals surface area contributed by atoms with Crippen LogP contribution in [0.15, 0.2) is 58.1 Å². The molecule has 1 aromatic heterocycles. The van der Waals surface area contributed by atoms with Crippen LogP contribution in [-0.4, -0.2) is 36.9 Å². The molecule has 2 aromatic rings. The fourth-order valence-electron chi connectivity index (χ4n) is 2.74. The highest BCUT2D eigenvalue weighted by molar-refractivity contribution is 5.89. The number of aliphatic imine (C=N–C) groups is 1. The second-order valence-corrected chi connectivity index (χ2v) is 5.51. The van der Waals surface area contributed by atoms with E-state index >= 15 is 0 Å². The van der Waals surface area contributed by atoms with E-state index < -0.39 is 0 Å². The quantitative estimate of drug-likeness (QED) is 0.776. The van der Waals surface area contributed by atoms with Crippen molar-refractivity contribution in [1.29, 1.82) is 0 Å². The topological polar surface area (TPSA) is 32.0 Å². The van der Waals surface area contributed by atoms with Crippen molar-refractivity contribution >= 4 is 17.4 Å². The molecule has 22 heavy (non-hydrogen) atoms. The molecule has 116 valence electrons. The van der Waals surface area contributed by atoms with Crippen LogP contribution in [0.3, 0.4) is 0 Å². The van der Waals surface area contributed by atoms with Crippen LogP contribution in [0.1, 0.15) is 19.8 Å². The first-order valence-electron chi connectivity index (χ1n) is 8.03. The third kappa shape index (κ3) is 3.32. The van der Waals surface area contributed by atoms with Crippen molar-refractivity contribution in [3.05, 3.63) is 48.7 Å². The highest BCUT2D eigenvalue weighted by Gasteiger charge is 2.21. The molecule has 1 aromatic carbocycles. The maximum Gasteiger partial charge on any atom is 0.200 e. The Labute approximate surface area is 132 Å². The molecule has 0 aliphatic carbocycles. The van der Waals surface area contributed by atoms with Crippen molar-refractivity contribution in [2.75, 3.05) is 31.1 Å². The van der Waals surface area contributed by atoms with Crippen LogP contribution < -0.4 is 4.90 Å². The summed E-state index contributed by atoms with van der Waals surface area (Å²) in [6, 6.07) is 14.3. The van der Waals surface area contributed by atoms with Crippen molar-refractivity contribution < 1.29 is 4.42 Å². The maximum atomic E-state index is 5.63. The van der Waals surface area contributed by atoms with Gasteiger partial charge in [0.15, 0.2) is 5.88 Å². The van der Waals surface area contributed by atoms with Crippen LogP contribution in [0.4, 0.5) is 11.6 Å². The minimum Gasteiger partial charge on any atom is -0.448 e. The van der Waals surface area contributed by atoms with Crippen LogP contribution in [0.5, 0.6) is 0 Å². The molecule has 0 saturated carbocycles. The van der Waals surface area contributed by atoms with Gasteiger partial charge in [-0.05, 0) is 24.6 Å². The first-order chi connectivity index (χ1) is 10.9. The number of hydrogen-bond donors (Lipinski definition) is 0. The lowest BCUT2D eigenvalue weighted by atomic mass is 10.2. The number of rotatable bonds is 7. The predicted octanol–water partition coefficient (Wildman–Crippen LogP) is 3.93. The lowest BCUT2D eigenvalue weighted by Gasteiger charge is -2.27. The Kier molecular flexibility index (Phi) is 4.78. The SMILES string of the molecule is CCCCN1CCN=C1CN(c1ccccc1)c1ccco1. The largest absolute Gasteiger partial charge is 0.448 e. The van der Waals surface area contributed by atoms with Crippen LogP contribution in [0.25, 0.3) is 0 Å². The minimum atomic E-state index is 0.751. The molecule has 0 N–H and O–H groups in total.